The lowest BCUT2D eigenvalue weighted by Gasteiger charge is -2.36. The van der Waals surface area contributed by atoms with Gasteiger partial charge in [0.1, 0.15) is 15.7 Å². The molecular formula is C38H56B2. The minimum atomic E-state index is -0.0119. The Morgan fingerprint density at radius 2 is 0.775 bits per heavy atom. The van der Waals surface area contributed by atoms with Crippen molar-refractivity contribution in [2.45, 2.75) is 128 Å². The van der Waals surface area contributed by atoms with Gasteiger partial charge in [-0.3, -0.25) is 0 Å². The van der Waals surface area contributed by atoms with Crippen molar-refractivity contribution >= 4 is 15.7 Å². The quantitative estimate of drug-likeness (QED) is 0.161. The largest absolute Gasteiger partial charge is 0.120 e. The van der Waals surface area contributed by atoms with Gasteiger partial charge in [0, 0.05) is 0 Å². The monoisotopic (exact) mass is 534 g/mol. The Balaban J connectivity index is 2.11. The molecule has 0 spiro atoms. The highest BCUT2D eigenvalue weighted by Gasteiger charge is 2.33. The maximum atomic E-state index is 2.56. The van der Waals surface area contributed by atoms with E-state index in [0.717, 1.165) is 0 Å². The second kappa shape index (κ2) is 13.2. The summed E-state index contributed by atoms with van der Waals surface area (Å²) in [4.78, 5) is 0. The Labute approximate surface area is 249 Å². The summed E-state index contributed by atoms with van der Waals surface area (Å²) in [7, 11) is 4.97. The maximum Gasteiger partial charge on any atom is 0.120 e. The van der Waals surface area contributed by atoms with E-state index in [0.29, 0.717) is 0 Å². The van der Waals surface area contributed by atoms with E-state index in [1.54, 1.807) is 0 Å². The molecular weight excluding hydrogens is 478 g/mol. The van der Waals surface area contributed by atoms with Gasteiger partial charge >= 0.3 is 0 Å². The molecule has 3 rings (SSSR count). The molecule has 40 heavy (non-hydrogen) atoms. The van der Waals surface area contributed by atoms with Crippen LogP contribution >= 0.6 is 0 Å². The highest BCUT2D eigenvalue weighted by atomic mass is 14.3. The van der Waals surface area contributed by atoms with Gasteiger partial charge in [-0.2, -0.15) is 0 Å². The fourth-order valence-corrected chi connectivity index (χ4v) is 6.25. The molecule has 0 aromatic heterocycles. The van der Waals surface area contributed by atoms with E-state index in [9.17, 15) is 0 Å². The van der Waals surface area contributed by atoms with Crippen LogP contribution in [-0.4, -0.2) is 15.7 Å². The van der Waals surface area contributed by atoms with E-state index in [1.807, 2.05) is 0 Å². The molecule has 0 bridgehead atoms. The molecule has 0 aliphatic carbocycles. The van der Waals surface area contributed by atoms with Crippen molar-refractivity contribution in [1.29, 1.82) is 0 Å². The highest BCUT2D eigenvalue weighted by molar-refractivity contribution is 6.19. The lowest BCUT2D eigenvalue weighted by Crippen LogP contribution is -2.32. The van der Waals surface area contributed by atoms with Gasteiger partial charge in [-0.1, -0.05) is 167 Å². The molecule has 0 aliphatic rings. The molecule has 0 fully saturated rings. The molecule has 0 saturated heterocycles. The van der Waals surface area contributed by atoms with Crippen molar-refractivity contribution in [3.8, 4) is 0 Å². The SMILES string of the molecule is BC(CCCCC)(c1ccc(C(C)(C)C)cc1)c1cccc(C(B)(CCCCC)c2ccc(C(C)(C)C)cc2)c1. The number of benzene rings is 3. The van der Waals surface area contributed by atoms with Gasteiger partial charge < -0.3 is 0 Å². The molecule has 0 saturated carbocycles. The number of rotatable bonds is 12. The van der Waals surface area contributed by atoms with Crippen LogP contribution in [0.25, 0.3) is 0 Å². The minimum Gasteiger partial charge on any atom is -0.0654 e. The lowest BCUT2D eigenvalue weighted by molar-refractivity contribution is 0.561. The van der Waals surface area contributed by atoms with Crippen molar-refractivity contribution in [2.75, 3.05) is 0 Å². The van der Waals surface area contributed by atoms with Gasteiger partial charge in [-0.25, -0.2) is 0 Å². The number of unbranched alkanes of at least 4 members (excludes halogenated alkanes) is 4. The van der Waals surface area contributed by atoms with Crippen LogP contribution in [0.3, 0.4) is 0 Å². The molecule has 2 atom stereocenters. The highest BCUT2D eigenvalue weighted by Crippen LogP contribution is 2.40. The van der Waals surface area contributed by atoms with Crippen molar-refractivity contribution in [1.82, 2.24) is 0 Å². The number of hydrogen-bond acceptors (Lipinski definition) is 0. The fourth-order valence-electron chi connectivity index (χ4n) is 6.25. The number of hydrogen-bond donors (Lipinski definition) is 0. The van der Waals surface area contributed by atoms with Crippen molar-refractivity contribution in [2.24, 2.45) is 0 Å². The third-order valence-corrected chi connectivity index (χ3v) is 9.47. The van der Waals surface area contributed by atoms with Crippen LogP contribution in [-0.2, 0) is 21.5 Å². The molecule has 3 aromatic carbocycles. The van der Waals surface area contributed by atoms with Crippen LogP contribution in [0.15, 0.2) is 72.8 Å². The van der Waals surface area contributed by atoms with Gasteiger partial charge in [-0.05, 0) is 67.7 Å². The van der Waals surface area contributed by atoms with Gasteiger partial charge in [0.05, 0.1) is 0 Å². The molecule has 3 aromatic rings. The molecule has 214 valence electrons. The first-order valence-electron chi connectivity index (χ1n) is 16.1. The first-order valence-corrected chi connectivity index (χ1v) is 16.1. The molecule has 0 amide bonds. The van der Waals surface area contributed by atoms with E-state index < -0.39 is 0 Å². The molecule has 0 radical (unpaired) electrons. The van der Waals surface area contributed by atoms with E-state index in [2.05, 4.69) is 144 Å². The molecule has 2 heteroatoms. The van der Waals surface area contributed by atoms with Gasteiger partial charge in [0.25, 0.3) is 0 Å². The van der Waals surface area contributed by atoms with E-state index in [4.69, 9.17) is 0 Å². The fraction of sp³-hybridized carbons (Fsp3) is 0.526. The van der Waals surface area contributed by atoms with Crippen molar-refractivity contribution < 1.29 is 0 Å². The Bertz CT molecular complexity index is 1100. The van der Waals surface area contributed by atoms with Crippen LogP contribution in [0, 0.1) is 0 Å². The Morgan fingerprint density at radius 1 is 0.450 bits per heavy atom. The summed E-state index contributed by atoms with van der Waals surface area (Å²) < 4.78 is 0. The third-order valence-electron chi connectivity index (χ3n) is 9.47. The zero-order valence-electron chi connectivity index (χ0n) is 27.6. The average molecular weight is 534 g/mol. The van der Waals surface area contributed by atoms with Crippen LogP contribution < -0.4 is 0 Å². The molecule has 0 aliphatic heterocycles. The van der Waals surface area contributed by atoms with Crippen LogP contribution in [0.5, 0.6) is 0 Å². The topological polar surface area (TPSA) is 0 Å². The van der Waals surface area contributed by atoms with E-state index >= 15 is 0 Å². The summed E-state index contributed by atoms with van der Waals surface area (Å²) in [6.45, 7) is 18.4. The predicted octanol–water partition coefficient (Wildman–Crippen LogP) is 9.20. The lowest BCUT2D eigenvalue weighted by atomic mass is 9.54. The van der Waals surface area contributed by atoms with Crippen LogP contribution in [0.1, 0.15) is 140 Å². The summed E-state index contributed by atoms with van der Waals surface area (Å²) in [5.41, 5.74) is 8.94. The zero-order chi connectivity index (χ0) is 29.6. The smallest absolute Gasteiger partial charge is 0.0654 e. The first-order chi connectivity index (χ1) is 18.8. The zero-order valence-corrected chi connectivity index (χ0v) is 27.6. The summed E-state index contributed by atoms with van der Waals surface area (Å²) in [6.07, 6.45) is 9.91. The summed E-state index contributed by atoms with van der Waals surface area (Å²) in [5.74, 6) is 0. The third kappa shape index (κ3) is 7.54. The minimum absolute atomic E-state index is 0.0119. The Kier molecular flexibility index (Phi) is 10.6. The van der Waals surface area contributed by atoms with Gasteiger partial charge in [0.15, 0.2) is 0 Å². The van der Waals surface area contributed by atoms with E-state index in [-0.39, 0.29) is 21.5 Å². The predicted molar refractivity (Wildman–Crippen MR) is 184 cm³/mol. The Morgan fingerprint density at radius 3 is 1.07 bits per heavy atom. The second-order valence-corrected chi connectivity index (χ2v) is 14.8. The summed E-state index contributed by atoms with van der Waals surface area (Å²) in [6, 6.07) is 28.8. The molecule has 0 heterocycles. The van der Waals surface area contributed by atoms with Crippen LogP contribution in [0.4, 0.5) is 0 Å². The Hall–Kier alpha value is -2.21. The van der Waals surface area contributed by atoms with Crippen LogP contribution in [0.2, 0.25) is 0 Å². The standard InChI is InChI=1S/C38H56B2/c1-9-11-13-26-37(39,31-22-18-29(19-23-31)35(3,4)5)33-16-15-17-34(28-33)38(40,27-14-12-10-2)32-24-20-30(21-25-32)36(6,7)8/h15-25,28H,9-14,26-27,39-40H2,1-8H3. The maximum absolute atomic E-state index is 2.56. The van der Waals surface area contributed by atoms with Crippen molar-refractivity contribution in [3.05, 3.63) is 106 Å². The van der Waals surface area contributed by atoms with Crippen molar-refractivity contribution in [3.63, 3.8) is 0 Å². The summed E-state index contributed by atoms with van der Waals surface area (Å²) >= 11 is 0. The molecule has 2 unspecified atom stereocenters. The average Bonchev–Trinajstić information content (AvgIpc) is 2.92. The first kappa shape index (κ1) is 32.3. The summed E-state index contributed by atoms with van der Waals surface area (Å²) in [5, 5.41) is -0.0238. The molecule has 0 nitrogen and oxygen atoms in total. The normalized spacial score (nSPS) is 15.4. The van der Waals surface area contributed by atoms with E-state index in [1.165, 1.54) is 84.7 Å². The van der Waals surface area contributed by atoms with Gasteiger partial charge in [-0.15, -0.1) is 0 Å². The second-order valence-electron chi connectivity index (χ2n) is 14.8. The van der Waals surface area contributed by atoms with Gasteiger partial charge in [0.2, 0.25) is 0 Å². The molecule has 0 N–H and O–H groups in total.